The van der Waals surface area contributed by atoms with Gasteiger partial charge in [-0.3, -0.25) is 0 Å². The van der Waals surface area contributed by atoms with E-state index in [1.54, 1.807) is 0 Å². The first kappa shape index (κ1) is 13.5. The van der Waals surface area contributed by atoms with Crippen molar-refractivity contribution in [3.05, 3.63) is 35.5 Å². The van der Waals surface area contributed by atoms with Crippen molar-refractivity contribution in [1.29, 1.82) is 0 Å². The Bertz CT molecular complexity index is 562. The van der Waals surface area contributed by atoms with E-state index < -0.39 is 23.5 Å². The van der Waals surface area contributed by atoms with E-state index in [0.717, 1.165) is 18.6 Å². The molecule has 0 bridgehead atoms. The minimum atomic E-state index is -1.53. The molecule has 2 rings (SSSR count). The monoisotopic (exact) mass is 271 g/mol. The molecule has 102 valence electrons. The zero-order chi connectivity index (χ0) is 14.0. The van der Waals surface area contributed by atoms with E-state index in [2.05, 4.69) is 10.1 Å². The molecule has 0 aliphatic rings. The van der Waals surface area contributed by atoms with Crippen LogP contribution in [0.2, 0.25) is 0 Å². The highest BCUT2D eigenvalue weighted by atomic mass is 19.2. The molecule has 2 N–H and O–H groups in total. The lowest BCUT2D eigenvalue weighted by atomic mass is 10.2. The van der Waals surface area contributed by atoms with Gasteiger partial charge in [-0.15, -0.1) is 0 Å². The summed E-state index contributed by atoms with van der Waals surface area (Å²) in [4.78, 5) is 3.95. The number of hydrogen-bond donors (Lipinski definition) is 1. The van der Waals surface area contributed by atoms with Crippen LogP contribution in [0.15, 0.2) is 16.7 Å². The van der Waals surface area contributed by atoms with Gasteiger partial charge in [-0.05, 0) is 18.6 Å². The SMILES string of the molecule is CCCC(N)c1nc(-c2cc(F)c(F)c(F)c2)no1. The summed E-state index contributed by atoms with van der Waals surface area (Å²) in [5.74, 6) is -3.99. The fourth-order valence-corrected chi connectivity index (χ4v) is 1.62. The molecule has 1 atom stereocenters. The van der Waals surface area contributed by atoms with E-state index in [0.29, 0.717) is 6.42 Å². The van der Waals surface area contributed by atoms with Gasteiger partial charge < -0.3 is 10.3 Å². The lowest BCUT2D eigenvalue weighted by molar-refractivity contribution is 0.348. The van der Waals surface area contributed by atoms with Gasteiger partial charge in [0.2, 0.25) is 11.7 Å². The molecule has 0 saturated heterocycles. The number of aromatic nitrogens is 2. The first-order chi connectivity index (χ1) is 9.02. The maximum atomic E-state index is 13.1. The average molecular weight is 271 g/mol. The van der Waals surface area contributed by atoms with Gasteiger partial charge in [-0.25, -0.2) is 13.2 Å². The molecule has 0 radical (unpaired) electrons. The average Bonchev–Trinajstić information content (AvgIpc) is 2.85. The summed E-state index contributed by atoms with van der Waals surface area (Å²) in [5, 5.41) is 3.58. The Morgan fingerprint density at radius 3 is 2.47 bits per heavy atom. The number of halogens is 3. The van der Waals surface area contributed by atoms with Crippen molar-refractivity contribution in [2.45, 2.75) is 25.8 Å². The van der Waals surface area contributed by atoms with Crippen molar-refractivity contribution < 1.29 is 17.7 Å². The van der Waals surface area contributed by atoms with Crippen LogP contribution in [-0.4, -0.2) is 10.1 Å². The number of nitrogens with zero attached hydrogens (tertiary/aromatic N) is 2. The molecule has 1 aromatic heterocycles. The molecule has 19 heavy (non-hydrogen) atoms. The van der Waals surface area contributed by atoms with Crippen molar-refractivity contribution in [3.63, 3.8) is 0 Å². The Morgan fingerprint density at radius 1 is 1.26 bits per heavy atom. The number of hydrogen-bond acceptors (Lipinski definition) is 4. The minimum Gasteiger partial charge on any atom is -0.337 e. The molecule has 0 spiro atoms. The van der Waals surface area contributed by atoms with E-state index in [1.807, 2.05) is 6.92 Å². The predicted octanol–water partition coefficient (Wildman–Crippen LogP) is 2.95. The number of rotatable bonds is 4. The molecule has 1 aromatic carbocycles. The molecule has 2 aromatic rings. The molecule has 7 heteroatoms. The summed E-state index contributed by atoms with van der Waals surface area (Å²) in [6.45, 7) is 1.95. The van der Waals surface area contributed by atoms with Crippen LogP contribution in [0.1, 0.15) is 31.7 Å². The Morgan fingerprint density at radius 2 is 1.89 bits per heavy atom. The predicted molar refractivity (Wildman–Crippen MR) is 61.4 cm³/mol. The summed E-state index contributed by atoms with van der Waals surface area (Å²) in [6.07, 6.45) is 1.48. The summed E-state index contributed by atoms with van der Waals surface area (Å²) in [7, 11) is 0. The van der Waals surface area contributed by atoms with Crippen molar-refractivity contribution in [2.75, 3.05) is 0 Å². The van der Waals surface area contributed by atoms with Gasteiger partial charge in [0.25, 0.3) is 0 Å². The summed E-state index contributed by atoms with van der Waals surface area (Å²) >= 11 is 0. The summed E-state index contributed by atoms with van der Waals surface area (Å²) < 4.78 is 43.9. The highest BCUT2D eigenvalue weighted by Crippen LogP contribution is 2.23. The van der Waals surface area contributed by atoms with E-state index in [4.69, 9.17) is 10.3 Å². The largest absolute Gasteiger partial charge is 0.337 e. The van der Waals surface area contributed by atoms with Crippen LogP contribution in [0.25, 0.3) is 11.4 Å². The van der Waals surface area contributed by atoms with Crippen molar-refractivity contribution in [2.24, 2.45) is 5.73 Å². The number of benzene rings is 1. The Labute approximate surface area is 107 Å². The lowest BCUT2D eigenvalue weighted by Crippen LogP contribution is -2.09. The fraction of sp³-hybridized carbons (Fsp3) is 0.333. The zero-order valence-corrected chi connectivity index (χ0v) is 10.2. The third-order valence-corrected chi connectivity index (χ3v) is 2.60. The number of nitrogens with two attached hydrogens (primary N) is 1. The van der Waals surface area contributed by atoms with Crippen LogP contribution in [0, 0.1) is 17.5 Å². The highest BCUT2D eigenvalue weighted by molar-refractivity contribution is 5.54. The van der Waals surface area contributed by atoms with Crippen LogP contribution in [-0.2, 0) is 0 Å². The van der Waals surface area contributed by atoms with Gasteiger partial charge >= 0.3 is 0 Å². The molecule has 0 saturated carbocycles. The van der Waals surface area contributed by atoms with Gasteiger partial charge in [0.1, 0.15) is 0 Å². The van der Waals surface area contributed by atoms with Crippen LogP contribution in [0.4, 0.5) is 13.2 Å². The van der Waals surface area contributed by atoms with Crippen LogP contribution < -0.4 is 5.73 Å². The zero-order valence-electron chi connectivity index (χ0n) is 10.2. The first-order valence-electron chi connectivity index (χ1n) is 5.77. The molecule has 0 amide bonds. The molecule has 1 unspecified atom stereocenters. The Hall–Kier alpha value is -1.89. The standard InChI is InChI=1S/C12H12F3N3O/c1-2-3-9(16)12-17-11(18-19-12)6-4-7(13)10(15)8(14)5-6/h4-5,9H,2-3,16H2,1H3. The third kappa shape index (κ3) is 2.76. The highest BCUT2D eigenvalue weighted by Gasteiger charge is 2.18. The van der Waals surface area contributed by atoms with Crippen molar-refractivity contribution >= 4 is 0 Å². The van der Waals surface area contributed by atoms with E-state index in [-0.39, 0.29) is 17.3 Å². The van der Waals surface area contributed by atoms with E-state index in [9.17, 15) is 13.2 Å². The quantitative estimate of drug-likeness (QED) is 0.868. The van der Waals surface area contributed by atoms with Gasteiger partial charge in [0, 0.05) is 5.56 Å². The normalized spacial score (nSPS) is 12.7. The maximum Gasteiger partial charge on any atom is 0.243 e. The second-order valence-corrected chi connectivity index (χ2v) is 4.11. The molecule has 0 aliphatic carbocycles. The van der Waals surface area contributed by atoms with E-state index in [1.165, 1.54) is 0 Å². The van der Waals surface area contributed by atoms with E-state index >= 15 is 0 Å². The second kappa shape index (κ2) is 5.40. The molecular formula is C12H12F3N3O. The van der Waals surface area contributed by atoms with Gasteiger partial charge in [0.15, 0.2) is 17.5 Å². The molecule has 0 fully saturated rings. The molecule has 1 heterocycles. The molecular weight excluding hydrogens is 259 g/mol. The smallest absolute Gasteiger partial charge is 0.243 e. The van der Waals surface area contributed by atoms with Gasteiger partial charge in [-0.1, -0.05) is 18.5 Å². The topological polar surface area (TPSA) is 64.9 Å². The summed E-state index contributed by atoms with van der Waals surface area (Å²) in [6, 6.07) is 1.18. The van der Waals surface area contributed by atoms with Crippen molar-refractivity contribution in [3.8, 4) is 11.4 Å². The second-order valence-electron chi connectivity index (χ2n) is 4.11. The molecule has 0 aliphatic heterocycles. The van der Waals surface area contributed by atoms with Crippen LogP contribution in [0.5, 0.6) is 0 Å². The molecule has 4 nitrogen and oxygen atoms in total. The van der Waals surface area contributed by atoms with Gasteiger partial charge in [0.05, 0.1) is 6.04 Å². The van der Waals surface area contributed by atoms with Crippen LogP contribution in [0.3, 0.4) is 0 Å². The fourth-order valence-electron chi connectivity index (χ4n) is 1.62. The van der Waals surface area contributed by atoms with Gasteiger partial charge in [-0.2, -0.15) is 4.98 Å². The van der Waals surface area contributed by atoms with Crippen molar-refractivity contribution in [1.82, 2.24) is 10.1 Å². The Kier molecular flexibility index (Phi) is 3.84. The minimum absolute atomic E-state index is 0.00454. The third-order valence-electron chi connectivity index (χ3n) is 2.60. The lowest BCUT2D eigenvalue weighted by Gasteiger charge is -2.02. The Balaban J connectivity index is 2.33. The summed E-state index contributed by atoms with van der Waals surface area (Å²) in [5.41, 5.74) is 5.77. The maximum absolute atomic E-state index is 13.1. The first-order valence-corrected chi connectivity index (χ1v) is 5.77. The van der Waals surface area contributed by atoms with Crippen LogP contribution >= 0.6 is 0 Å².